The van der Waals surface area contributed by atoms with Crippen LogP contribution in [0.5, 0.6) is 0 Å². The minimum absolute atomic E-state index is 0.0533. The van der Waals surface area contributed by atoms with E-state index in [2.05, 4.69) is 63.3 Å². The zero-order valence-corrected chi connectivity index (χ0v) is 40.5. The van der Waals surface area contributed by atoms with E-state index in [9.17, 15) is 44.4 Å². The number of rotatable bonds is 12. The van der Waals surface area contributed by atoms with E-state index in [0.29, 0.717) is 29.9 Å². The van der Waals surface area contributed by atoms with Gasteiger partial charge in [-0.1, -0.05) is 82.0 Å². The second-order valence-corrected chi connectivity index (χ2v) is 19.3. The highest BCUT2D eigenvalue weighted by molar-refractivity contribution is 14.1. The zero-order valence-electron chi connectivity index (χ0n) is 38.4. The third-order valence-electron chi connectivity index (χ3n) is 12.2. The molecule has 0 aromatic carbocycles. The second-order valence-electron chi connectivity index (χ2n) is 17.1. The van der Waals surface area contributed by atoms with Crippen molar-refractivity contribution in [3.8, 4) is 0 Å². The fourth-order valence-corrected chi connectivity index (χ4v) is 8.63. The van der Waals surface area contributed by atoms with Crippen LogP contribution in [0.2, 0.25) is 0 Å². The molecule has 2 fully saturated rings. The van der Waals surface area contributed by atoms with E-state index in [0.717, 1.165) is 6.54 Å². The van der Waals surface area contributed by atoms with Crippen LogP contribution in [0.3, 0.4) is 0 Å². The number of halogens is 1. The molecule has 2 saturated heterocycles. The number of piperidine rings is 1. The number of allylic oxidation sites excluding steroid dienone is 5. The number of aliphatic carboxylic acids is 1. The zero-order chi connectivity index (χ0) is 48.3. The van der Waals surface area contributed by atoms with E-state index in [1.807, 2.05) is 0 Å². The highest BCUT2D eigenvalue weighted by atomic mass is 127. The van der Waals surface area contributed by atoms with Crippen LogP contribution in [0, 0.1) is 23.7 Å². The highest BCUT2D eigenvalue weighted by Crippen LogP contribution is 2.39. The number of carbonyl (C=O) groups excluding carboxylic acids is 4. The number of hydrogen-bond donors (Lipinski definition) is 6. The molecule has 0 radical (unpaired) electrons. The Kier molecular flexibility index (Phi) is 20.1. The molecule has 0 aromatic rings. The summed E-state index contributed by atoms with van der Waals surface area (Å²) >= 11 is 2.37. The highest BCUT2D eigenvalue weighted by Gasteiger charge is 2.49. The molecule has 0 aromatic heterocycles. The molecule has 17 nitrogen and oxygen atoms in total. The Morgan fingerprint density at radius 2 is 1.72 bits per heavy atom. The van der Waals surface area contributed by atoms with Crippen LogP contribution in [0.4, 0.5) is 0 Å². The lowest BCUT2D eigenvalue weighted by Gasteiger charge is -2.41. The van der Waals surface area contributed by atoms with Crippen molar-refractivity contribution in [3.63, 3.8) is 0 Å². The van der Waals surface area contributed by atoms with Gasteiger partial charge < -0.3 is 54.9 Å². The number of likely N-dealkylation sites (tertiary alicyclic amines) is 1. The largest absolute Gasteiger partial charge is 0.481 e. The Labute approximate surface area is 389 Å². The fourth-order valence-electron chi connectivity index (χ4n) is 8.08. The van der Waals surface area contributed by atoms with Crippen LogP contribution < -0.4 is 10.6 Å². The van der Waals surface area contributed by atoms with E-state index in [4.69, 9.17) is 18.9 Å². The number of nitrogens with one attached hydrogen (secondary N) is 2. The monoisotopic (exact) mass is 1010 g/mol. The fraction of sp³-hybridized carbons (Fsp3) is 0.609. The number of ketones is 2. The lowest BCUT2D eigenvalue weighted by molar-refractivity contribution is -0.170. The minimum atomic E-state index is -2.01. The van der Waals surface area contributed by atoms with Gasteiger partial charge in [-0.3, -0.25) is 29.0 Å². The Bertz CT molecular complexity index is 1920. The summed E-state index contributed by atoms with van der Waals surface area (Å²) in [5, 5.41) is 48.4. The van der Waals surface area contributed by atoms with Gasteiger partial charge in [0.2, 0.25) is 5.78 Å². The number of hydrogen-bond acceptors (Lipinski definition) is 15. The van der Waals surface area contributed by atoms with Crippen molar-refractivity contribution < 1.29 is 63.3 Å². The van der Waals surface area contributed by atoms with Crippen molar-refractivity contribution in [2.45, 2.75) is 121 Å². The van der Waals surface area contributed by atoms with Crippen LogP contribution in [0.25, 0.3) is 0 Å². The quantitative estimate of drug-likeness (QED) is 0.0404. The molecule has 0 spiro atoms. The number of aliphatic imine (C=N–C) groups is 1. The Hall–Kier alpha value is -4.21. The third kappa shape index (κ3) is 13.7. The summed E-state index contributed by atoms with van der Waals surface area (Å²) in [7, 11) is 1.38. The maximum Gasteiger partial charge on any atom is 0.317 e. The summed E-state index contributed by atoms with van der Waals surface area (Å²) in [6.45, 7) is 22.7. The number of alkyl halides is 1. The average Bonchev–Trinajstić information content (AvgIpc) is 3.47. The van der Waals surface area contributed by atoms with Crippen molar-refractivity contribution in [2.24, 2.45) is 28.7 Å². The number of carboxylic acids is 1. The lowest BCUT2D eigenvalue weighted by Crippen LogP contribution is -2.53. The van der Waals surface area contributed by atoms with Crippen molar-refractivity contribution in [1.29, 1.82) is 0 Å². The van der Waals surface area contributed by atoms with Gasteiger partial charge >= 0.3 is 17.7 Å². The van der Waals surface area contributed by atoms with Crippen LogP contribution in [-0.4, -0.2) is 135 Å². The minimum Gasteiger partial charge on any atom is -0.481 e. The molecule has 6 N–H and O–H groups in total. The number of ether oxygens (including phenoxy) is 4. The van der Waals surface area contributed by atoms with E-state index >= 15 is 0 Å². The van der Waals surface area contributed by atoms with E-state index in [1.54, 1.807) is 46.8 Å². The molecule has 2 bridgehead atoms. The standard InChI is InChI=1S/C46H67IN4O13/c1-25-13-12-14-26(2)44(60)49-38(33(53)15-21-52)37(50-46(48-10)17-19-51(20-18-46)24-27(3)47)29(5)42-32(8)43(59)45(9,64-42)62-22-16-34(61-11)28(4)41(63-36(56)23-35(54)55)31(7)40(58)30(6)39(25)57/h12-14,16,22,25,27-28,30-31,34,39-41,50,52,57-58H,8,10,15,17-21,23-24H2,1-7,9,11H3,(H,49,60)(H,54,55)/b13-12+,22-16+,26-14-,38-37?,42-29?/t25-,27?,28+,30+,31+,34-,39-,40+,41+,45-/m0/s1. The van der Waals surface area contributed by atoms with Gasteiger partial charge in [0.05, 0.1) is 42.5 Å². The summed E-state index contributed by atoms with van der Waals surface area (Å²) in [6.07, 6.45) is 2.45. The summed E-state index contributed by atoms with van der Waals surface area (Å²) in [5.74, 6) is -9.52. The number of nitrogens with zero attached hydrogens (tertiary/aromatic N) is 2. The number of carbonyl (C=O) groups is 5. The predicted octanol–water partition coefficient (Wildman–Crippen LogP) is 4.03. The second kappa shape index (κ2) is 23.8. The number of aliphatic hydroxyl groups is 3. The molecule has 3 aliphatic heterocycles. The van der Waals surface area contributed by atoms with Gasteiger partial charge in [0.25, 0.3) is 5.91 Å². The molecule has 0 saturated carbocycles. The van der Waals surface area contributed by atoms with E-state index in [1.165, 1.54) is 39.4 Å². The molecule has 18 heteroatoms. The first-order valence-corrected chi connectivity index (χ1v) is 22.7. The molecular formula is C46H67IN4O13. The molecule has 1 amide bonds. The number of methoxy groups -OCH3 is 1. The van der Waals surface area contributed by atoms with Gasteiger partial charge in [0.15, 0.2) is 5.78 Å². The molecule has 3 aliphatic rings. The van der Waals surface area contributed by atoms with Crippen molar-refractivity contribution in [1.82, 2.24) is 15.5 Å². The van der Waals surface area contributed by atoms with Crippen molar-refractivity contribution >= 4 is 58.7 Å². The van der Waals surface area contributed by atoms with E-state index < -0.39 is 102 Å². The van der Waals surface area contributed by atoms with Gasteiger partial charge in [0.1, 0.15) is 29.6 Å². The molecule has 1 unspecified atom stereocenters. The molecule has 64 heavy (non-hydrogen) atoms. The maximum atomic E-state index is 14.0. The van der Waals surface area contributed by atoms with Gasteiger partial charge in [-0.15, -0.1) is 0 Å². The normalized spacial score (nSPS) is 32.5. The van der Waals surface area contributed by atoms with Crippen LogP contribution in [-0.2, 0) is 42.9 Å². The van der Waals surface area contributed by atoms with Gasteiger partial charge in [0, 0.05) is 91.7 Å². The first kappa shape index (κ1) is 54.1. The smallest absolute Gasteiger partial charge is 0.317 e. The molecule has 3 rings (SSSR count). The Morgan fingerprint density at radius 1 is 1.08 bits per heavy atom. The summed E-state index contributed by atoms with van der Waals surface area (Å²) in [4.78, 5) is 73.0. The van der Waals surface area contributed by atoms with Crippen LogP contribution in [0.15, 0.2) is 76.0 Å². The number of amides is 1. The summed E-state index contributed by atoms with van der Waals surface area (Å²) in [5.41, 5.74) is -0.943. The third-order valence-corrected chi connectivity index (χ3v) is 12.6. The van der Waals surface area contributed by atoms with Gasteiger partial charge in [-0.2, -0.15) is 0 Å². The summed E-state index contributed by atoms with van der Waals surface area (Å²) in [6, 6.07) is 0. The maximum absolute atomic E-state index is 14.0. The average molecular weight is 1010 g/mol. The SMILES string of the molecule is C=NC1(NC2=C(C(=O)CCO)NC(=O)/C(C)=C\C=C\[C@H](C)[C@H](O)[C@@H](C)[C@@H](O)[C@@H](C)[C@H](OC(=O)CC(=O)O)[C@H](C)[C@@H](OC)/C=C/O[C@@]3(C)OC(=C2C)C(=C)C3=O)CCN(CC(C)I)CC1. The Morgan fingerprint density at radius 3 is 2.28 bits per heavy atom. The number of carboxylic acid groups (broad SMARTS) is 1. The number of Topliss-reactive ketones (excluding diaryl/α,β-unsaturated/α-hetero) is 2. The first-order valence-electron chi connectivity index (χ1n) is 21.4. The predicted molar refractivity (Wildman–Crippen MR) is 248 cm³/mol. The molecule has 10 atom stereocenters. The van der Waals surface area contributed by atoms with Gasteiger partial charge in [-0.05, 0) is 26.6 Å². The molecule has 3 heterocycles. The van der Waals surface area contributed by atoms with Crippen LogP contribution >= 0.6 is 22.6 Å². The number of esters is 1. The van der Waals surface area contributed by atoms with E-state index in [-0.39, 0.29) is 40.3 Å². The molecule has 356 valence electrons. The lowest BCUT2D eigenvalue weighted by atomic mass is 9.78. The van der Waals surface area contributed by atoms with Crippen molar-refractivity contribution in [2.75, 3.05) is 33.4 Å². The Balaban J connectivity index is 2.29. The van der Waals surface area contributed by atoms with Gasteiger partial charge in [-0.25, -0.2) is 0 Å². The summed E-state index contributed by atoms with van der Waals surface area (Å²) < 4.78 is 24.1. The van der Waals surface area contributed by atoms with Crippen molar-refractivity contribution in [3.05, 3.63) is 71.0 Å². The first-order chi connectivity index (χ1) is 30.0. The number of fused-ring (bicyclic) bond motifs is 2. The number of aliphatic hydroxyl groups excluding tert-OH is 3. The molecule has 0 aliphatic carbocycles. The molecular weight excluding hydrogens is 943 g/mol. The van der Waals surface area contributed by atoms with Crippen LogP contribution in [0.1, 0.15) is 81.1 Å². The topological polar surface area (TPSA) is 243 Å².